The largest absolute Gasteiger partial charge is 0.495 e. The number of ether oxygens (including phenoxy) is 1. The Morgan fingerprint density at radius 1 is 1.27 bits per heavy atom. The van der Waals surface area contributed by atoms with Gasteiger partial charge >= 0.3 is 0 Å². The lowest BCUT2D eigenvalue weighted by Crippen LogP contribution is -2.42. The topological polar surface area (TPSA) is 41.6 Å². The highest BCUT2D eigenvalue weighted by molar-refractivity contribution is 6.32. The van der Waals surface area contributed by atoms with Crippen LogP contribution in [0.4, 0.5) is 5.69 Å². The van der Waals surface area contributed by atoms with Gasteiger partial charge in [0.25, 0.3) is 0 Å². The maximum atomic E-state index is 13.2. The zero-order valence-electron chi connectivity index (χ0n) is 15.2. The van der Waals surface area contributed by atoms with Crippen LogP contribution in [0.2, 0.25) is 5.02 Å². The van der Waals surface area contributed by atoms with Gasteiger partial charge in [-0.15, -0.1) is 0 Å². The van der Waals surface area contributed by atoms with Crippen LogP contribution in [-0.2, 0) is 4.79 Å². The smallest absolute Gasteiger partial charge is 0.246 e. The molecule has 2 atom stereocenters. The highest BCUT2D eigenvalue weighted by Gasteiger charge is 2.30. The lowest BCUT2D eigenvalue weighted by molar-refractivity contribution is -0.122. The highest BCUT2D eigenvalue weighted by atomic mass is 35.5. The van der Waals surface area contributed by atoms with Crippen LogP contribution in [-0.4, -0.2) is 31.0 Å². The van der Waals surface area contributed by atoms with E-state index < -0.39 is 0 Å². The molecule has 26 heavy (non-hydrogen) atoms. The second-order valence-electron chi connectivity index (χ2n) is 6.89. The van der Waals surface area contributed by atoms with E-state index in [2.05, 4.69) is 17.1 Å². The third kappa shape index (κ3) is 4.37. The van der Waals surface area contributed by atoms with Crippen molar-refractivity contribution in [1.29, 1.82) is 0 Å². The van der Waals surface area contributed by atoms with E-state index in [4.69, 9.17) is 16.3 Å². The van der Waals surface area contributed by atoms with E-state index in [1.54, 1.807) is 19.2 Å². The van der Waals surface area contributed by atoms with Gasteiger partial charge in [0.15, 0.2) is 0 Å². The molecule has 1 N–H and O–H groups in total. The Morgan fingerprint density at radius 3 is 2.69 bits per heavy atom. The summed E-state index contributed by atoms with van der Waals surface area (Å²) in [5, 5.41) is 3.50. The van der Waals surface area contributed by atoms with Gasteiger partial charge < -0.3 is 10.1 Å². The number of carbonyl (C=O) groups is 1. The molecular formula is C21H25ClN2O2. The van der Waals surface area contributed by atoms with Crippen molar-refractivity contribution in [3.05, 3.63) is 59.1 Å². The molecule has 0 bridgehead atoms. The normalized spacial score (nSPS) is 19.0. The van der Waals surface area contributed by atoms with Crippen LogP contribution in [0.15, 0.2) is 48.5 Å². The molecule has 0 radical (unpaired) electrons. The monoisotopic (exact) mass is 372 g/mol. The Morgan fingerprint density at radius 2 is 2.04 bits per heavy atom. The number of likely N-dealkylation sites (tertiary alicyclic amines) is 1. The second kappa shape index (κ2) is 8.56. The van der Waals surface area contributed by atoms with Gasteiger partial charge in [0.05, 0.1) is 12.1 Å². The number of methoxy groups -OCH3 is 1. The summed E-state index contributed by atoms with van der Waals surface area (Å²) in [6.45, 7) is 4.10. The van der Waals surface area contributed by atoms with Gasteiger partial charge in [-0.1, -0.05) is 48.9 Å². The number of benzene rings is 2. The first-order chi connectivity index (χ1) is 12.6. The van der Waals surface area contributed by atoms with Crippen LogP contribution in [0.5, 0.6) is 5.75 Å². The maximum absolute atomic E-state index is 13.2. The summed E-state index contributed by atoms with van der Waals surface area (Å²) < 4.78 is 5.18. The van der Waals surface area contributed by atoms with Crippen molar-refractivity contribution in [1.82, 2.24) is 4.90 Å². The number of hydrogen-bond donors (Lipinski definition) is 1. The SMILES string of the molecule is COc1ccc(NC(=O)[C@H](c2ccccc2)N2CCC[C@H](C)C2)cc1Cl. The molecule has 1 saturated heterocycles. The van der Waals surface area contributed by atoms with Gasteiger partial charge in [-0.25, -0.2) is 0 Å². The molecule has 138 valence electrons. The molecule has 1 aliphatic heterocycles. The summed E-state index contributed by atoms with van der Waals surface area (Å²) in [5.41, 5.74) is 1.69. The van der Waals surface area contributed by atoms with Crippen molar-refractivity contribution >= 4 is 23.2 Å². The average molecular weight is 373 g/mol. The van der Waals surface area contributed by atoms with Crippen molar-refractivity contribution in [2.45, 2.75) is 25.8 Å². The number of carbonyl (C=O) groups excluding carboxylic acids is 1. The summed E-state index contributed by atoms with van der Waals surface area (Å²) in [4.78, 5) is 15.4. The summed E-state index contributed by atoms with van der Waals surface area (Å²) in [6, 6.07) is 15.0. The van der Waals surface area contributed by atoms with E-state index in [1.165, 1.54) is 6.42 Å². The predicted octanol–water partition coefficient (Wildman–Crippen LogP) is 4.76. The third-order valence-electron chi connectivity index (χ3n) is 4.84. The number of nitrogens with zero attached hydrogens (tertiary/aromatic N) is 1. The van der Waals surface area contributed by atoms with E-state index in [1.807, 2.05) is 36.4 Å². The number of piperidine rings is 1. The molecule has 0 aliphatic carbocycles. The number of halogens is 1. The zero-order valence-corrected chi connectivity index (χ0v) is 16.0. The fraction of sp³-hybridized carbons (Fsp3) is 0.381. The molecule has 1 aliphatic rings. The van der Waals surface area contributed by atoms with Gasteiger partial charge in [0.2, 0.25) is 5.91 Å². The Bertz CT molecular complexity index is 751. The minimum atomic E-state index is -0.306. The first kappa shape index (κ1) is 18.7. The van der Waals surface area contributed by atoms with Crippen LogP contribution in [0.25, 0.3) is 0 Å². The predicted molar refractivity (Wildman–Crippen MR) is 106 cm³/mol. The lowest BCUT2D eigenvalue weighted by atomic mass is 9.95. The molecule has 2 aromatic rings. The molecule has 0 aromatic heterocycles. The molecule has 0 spiro atoms. The second-order valence-corrected chi connectivity index (χ2v) is 7.30. The molecule has 1 heterocycles. The zero-order chi connectivity index (χ0) is 18.5. The van der Waals surface area contributed by atoms with Crippen LogP contribution >= 0.6 is 11.6 Å². The Kier molecular flexibility index (Phi) is 6.17. The van der Waals surface area contributed by atoms with Gasteiger partial charge in [0, 0.05) is 12.2 Å². The molecule has 2 aromatic carbocycles. The Labute approximate surface area is 160 Å². The van der Waals surface area contributed by atoms with E-state index >= 15 is 0 Å². The van der Waals surface area contributed by atoms with E-state index in [9.17, 15) is 4.79 Å². The highest BCUT2D eigenvalue weighted by Crippen LogP contribution is 2.30. The number of anilines is 1. The van der Waals surface area contributed by atoms with E-state index in [0.717, 1.165) is 25.1 Å². The summed E-state index contributed by atoms with van der Waals surface area (Å²) in [6.07, 6.45) is 2.33. The minimum Gasteiger partial charge on any atom is -0.495 e. The minimum absolute atomic E-state index is 0.0356. The van der Waals surface area contributed by atoms with Crippen molar-refractivity contribution in [2.24, 2.45) is 5.92 Å². The Hall–Kier alpha value is -2.04. The molecule has 4 nitrogen and oxygen atoms in total. The van der Waals surface area contributed by atoms with Gasteiger partial charge in [0.1, 0.15) is 11.8 Å². The molecule has 3 rings (SSSR count). The molecule has 0 saturated carbocycles. The van der Waals surface area contributed by atoms with Gasteiger partial charge in [-0.2, -0.15) is 0 Å². The first-order valence-corrected chi connectivity index (χ1v) is 9.39. The first-order valence-electron chi connectivity index (χ1n) is 9.02. The van der Waals surface area contributed by atoms with Gasteiger partial charge in [-0.3, -0.25) is 9.69 Å². The molecular weight excluding hydrogens is 348 g/mol. The fourth-order valence-electron chi connectivity index (χ4n) is 3.58. The molecule has 5 heteroatoms. The molecule has 0 unspecified atom stereocenters. The van der Waals surface area contributed by atoms with Crippen molar-refractivity contribution in [3.8, 4) is 5.75 Å². The third-order valence-corrected chi connectivity index (χ3v) is 5.13. The van der Waals surface area contributed by atoms with Crippen molar-refractivity contribution in [3.63, 3.8) is 0 Å². The van der Waals surface area contributed by atoms with Crippen LogP contribution in [0.1, 0.15) is 31.4 Å². The van der Waals surface area contributed by atoms with Crippen molar-refractivity contribution in [2.75, 3.05) is 25.5 Å². The van der Waals surface area contributed by atoms with Crippen LogP contribution in [0, 0.1) is 5.92 Å². The molecule has 1 amide bonds. The number of amides is 1. The van der Waals surface area contributed by atoms with Gasteiger partial charge in [-0.05, 0) is 49.1 Å². The summed E-state index contributed by atoms with van der Waals surface area (Å²) in [5.74, 6) is 1.15. The average Bonchev–Trinajstić information content (AvgIpc) is 2.63. The number of nitrogens with one attached hydrogen (secondary N) is 1. The number of hydrogen-bond acceptors (Lipinski definition) is 3. The van der Waals surface area contributed by atoms with Crippen LogP contribution in [0.3, 0.4) is 0 Å². The standard InChI is InChI=1S/C21H25ClN2O2/c1-15-7-6-12-24(14-15)20(16-8-4-3-5-9-16)21(25)23-17-10-11-19(26-2)18(22)13-17/h3-5,8-11,13,15,20H,6-7,12,14H2,1-2H3,(H,23,25)/t15-,20-/m0/s1. The van der Waals surface area contributed by atoms with E-state index in [0.29, 0.717) is 22.4 Å². The number of rotatable bonds is 5. The Balaban J connectivity index is 1.84. The van der Waals surface area contributed by atoms with Crippen molar-refractivity contribution < 1.29 is 9.53 Å². The summed E-state index contributed by atoms with van der Waals surface area (Å²) >= 11 is 6.19. The fourth-order valence-corrected chi connectivity index (χ4v) is 3.84. The van der Waals surface area contributed by atoms with Crippen LogP contribution < -0.4 is 10.1 Å². The lowest BCUT2D eigenvalue weighted by Gasteiger charge is -2.36. The maximum Gasteiger partial charge on any atom is 0.246 e. The van der Waals surface area contributed by atoms with E-state index in [-0.39, 0.29) is 11.9 Å². The summed E-state index contributed by atoms with van der Waals surface area (Å²) in [7, 11) is 1.57. The quantitative estimate of drug-likeness (QED) is 0.822. The molecule has 1 fully saturated rings.